The van der Waals surface area contributed by atoms with Gasteiger partial charge in [0, 0.05) is 34.6 Å². The fourth-order valence-corrected chi connectivity index (χ4v) is 3.00. The van der Waals surface area contributed by atoms with Crippen LogP contribution in [0.5, 0.6) is 0 Å². The van der Waals surface area contributed by atoms with Crippen molar-refractivity contribution in [2.24, 2.45) is 0 Å². The Hall–Kier alpha value is -1.56. The smallest absolute Gasteiger partial charge is 0.224 e. The number of hydrogen-bond acceptors (Lipinski definition) is 3. The third kappa shape index (κ3) is 2.18. The molecule has 5 nitrogen and oxygen atoms in total. The molecule has 1 aromatic carbocycles. The fraction of sp³-hybridized carbons (Fsp3) is 0.357. The van der Waals surface area contributed by atoms with Gasteiger partial charge in [0.05, 0.1) is 13.0 Å². The first kappa shape index (κ1) is 13.4. The van der Waals surface area contributed by atoms with Gasteiger partial charge < -0.3 is 20.5 Å². The van der Waals surface area contributed by atoms with Crippen molar-refractivity contribution in [3.63, 3.8) is 0 Å². The summed E-state index contributed by atoms with van der Waals surface area (Å²) in [6.07, 6.45) is -0.0353. The van der Waals surface area contributed by atoms with Crippen LogP contribution in [0.1, 0.15) is 22.9 Å². The average Bonchev–Trinajstić information content (AvgIpc) is 2.63. The maximum Gasteiger partial charge on any atom is 0.224 e. The lowest BCUT2D eigenvalue weighted by atomic mass is 9.98. The molecule has 106 valence electrons. The molecule has 1 unspecified atom stereocenters. The van der Waals surface area contributed by atoms with Gasteiger partial charge in [-0.15, -0.1) is 0 Å². The molecule has 0 spiro atoms. The van der Waals surface area contributed by atoms with Crippen LogP contribution in [0.3, 0.4) is 0 Å². The minimum atomic E-state index is -1.01. The number of hydrogen-bond donors (Lipinski definition) is 4. The molecular formula is C14H15ClN2O3. The summed E-state index contributed by atoms with van der Waals surface area (Å²) < 4.78 is 0. The number of aliphatic hydroxyl groups excluding tert-OH is 2. The first-order valence-electron chi connectivity index (χ1n) is 6.48. The van der Waals surface area contributed by atoms with Crippen molar-refractivity contribution < 1.29 is 15.0 Å². The van der Waals surface area contributed by atoms with Gasteiger partial charge in [-0.25, -0.2) is 0 Å². The predicted molar refractivity (Wildman–Crippen MR) is 75.8 cm³/mol. The van der Waals surface area contributed by atoms with E-state index in [1.54, 1.807) is 12.1 Å². The lowest BCUT2D eigenvalue weighted by Gasteiger charge is -2.11. The van der Waals surface area contributed by atoms with Crippen LogP contribution >= 0.6 is 11.6 Å². The topological polar surface area (TPSA) is 85.4 Å². The molecule has 4 N–H and O–H groups in total. The molecule has 0 fully saturated rings. The molecule has 0 saturated carbocycles. The quantitative estimate of drug-likeness (QED) is 0.668. The molecule has 1 aliphatic heterocycles. The van der Waals surface area contributed by atoms with E-state index in [1.165, 1.54) is 0 Å². The van der Waals surface area contributed by atoms with Crippen molar-refractivity contribution in [2.75, 3.05) is 13.2 Å². The summed E-state index contributed by atoms with van der Waals surface area (Å²) in [6, 6.07) is 3.42. The van der Waals surface area contributed by atoms with Crippen LogP contribution in [0.25, 0.3) is 10.9 Å². The number of aliphatic hydroxyl groups is 2. The van der Waals surface area contributed by atoms with Crippen molar-refractivity contribution in [3.8, 4) is 0 Å². The van der Waals surface area contributed by atoms with Gasteiger partial charge in [0.1, 0.15) is 6.10 Å². The van der Waals surface area contributed by atoms with Gasteiger partial charge in [-0.1, -0.05) is 11.6 Å². The lowest BCUT2D eigenvalue weighted by molar-refractivity contribution is -0.120. The lowest BCUT2D eigenvalue weighted by Crippen LogP contribution is -2.24. The van der Waals surface area contributed by atoms with E-state index >= 15 is 0 Å². The number of H-pyrrole nitrogens is 1. The van der Waals surface area contributed by atoms with Crippen LogP contribution in [0, 0.1) is 0 Å². The number of benzene rings is 1. The molecule has 1 atom stereocenters. The summed E-state index contributed by atoms with van der Waals surface area (Å²) in [5.41, 5.74) is 3.21. The van der Waals surface area contributed by atoms with E-state index in [4.69, 9.17) is 11.6 Å². The molecule has 1 aliphatic rings. The molecule has 3 rings (SSSR count). The van der Waals surface area contributed by atoms with Crippen LogP contribution < -0.4 is 5.32 Å². The first-order chi connectivity index (χ1) is 9.60. The van der Waals surface area contributed by atoms with Gasteiger partial charge in [-0.2, -0.15) is 0 Å². The van der Waals surface area contributed by atoms with E-state index in [1.807, 2.05) is 0 Å². The first-order valence-corrected chi connectivity index (χ1v) is 6.86. The summed E-state index contributed by atoms with van der Waals surface area (Å²) in [7, 11) is 0. The molecule has 0 bridgehead atoms. The van der Waals surface area contributed by atoms with Crippen LogP contribution in [0.2, 0.25) is 5.02 Å². The molecular weight excluding hydrogens is 280 g/mol. The third-order valence-electron chi connectivity index (χ3n) is 3.65. The molecule has 1 aromatic heterocycles. The highest BCUT2D eigenvalue weighted by Crippen LogP contribution is 2.33. The van der Waals surface area contributed by atoms with Gasteiger partial charge >= 0.3 is 0 Å². The van der Waals surface area contributed by atoms with Crippen molar-refractivity contribution in [2.45, 2.75) is 18.9 Å². The van der Waals surface area contributed by atoms with Crippen molar-refractivity contribution >= 4 is 28.4 Å². The number of rotatable bonds is 2. The predicted octanol–water partition coefficient (Wildman–Crippen LogP) is 1.06. The monoisotopic (exact) mass is 294 g/mol. The summed E-state index contributed by atoms with van der Waals surface area (Å²) >= 11 is 6.06. The molecule has 2 heterocycles. The summed E-state index contributed by atoms with van der Waals surface area (Å²) in [5, 5.41) is 23.3. The van der Waals surface area contributed by atoms with E-state index in [2.05, 4.69) is 10.3 Å². The summed E-state index contributed by atoms with van der Waals surface area (Å²) in [5.74, 6) is -0.0379. The fourth-order valence-electron chi connectivity index (χ4n) is 2.77. The van der Waals surface area contributed by atoms with Crippen LogP contribution in [-0.2, 0) is 17.6 Å². The van der Waals surface area contributed by atoms with E-state index in [0.29, 0.717) is 23.6 Å². The van der Waals surface area contributed by atoms with Crippen LogP contribution in [-0.4, -0.2) is 34.3 Å². The number of fused-ring (bicyclic) bond motifs is 3. The molecule has 6 heteroatoms. The minimum Gasteiger partial charge on any atom is -0.393 e. The molecule has 0 aliphatic carbocycles. The highest BCUT2D eigenvalue weighted by atomic mass is 35.5. The largest absolute Gasteiger partial charge is 0.393 e. The maximum absolute atomic E-state index is 11.7. The number of halogens is 1. The Labute approximate surface area is 120 Å². The Morgan fingerprint density at radius 1 is 1.40 bits per heavy atom. The molecule has 2 aromatic rings. The SMILES string of the molecule is O=C1Cc2c([nH]c3cc(Cl)cc(C(O)CO)c23)CCN1. The zero-order valence-electron chi connectivity index (χ0n) is 10.7. The Morgan fingerprint density at radius 3 is 2.95 bits per heavy atom. The number of nitrogens with one attached hydrogen (secondary N) is 2. The summed E-state index contributed by atoms with van der Waals surface area (Å²) in [6.45, 7) is 0.200. The van der Waals surface area contributed by atoms with E-state index in [9.17, 15) is 15.0 Å². The second-order valence-electron chi connectivity index (χ2n) is 4.97. The molecule has 0 saturated heterocycles. The van der Waals surface area contributed by atoms with Crippen molar-refractivity contribution in [1.82, 2.24) is 10.3 Å². The van der Waals surface area contributed by atoms with Gasteiger partial charge in [0.2, 0.25) is 5.91 Å². The minimum absolute atomic E-state index is 0.0379. The normalized spacial score (nSPS) is 16.6. The maximum atomic E-state index is 11.7. The molecule has 0 radical (unpaired) electrons. The van der Waals surface area contributed by atoms with Gasteiger partial charge in [0.25, 0.3) is 0 Å². The second kappa shape index (κ2) is 5.09. The zero-order chi connectivity index (χ0) is 14.3. The molecule has 1 amide bonds. The number of aromatic nitrogens is 1. The number of amides is 1. The van der Waals surface area contributed by atoms with E-state index < -0.39 is 6.10 Å². The highest BCUT2D eigenvalue weighted by molar-refractivity contribution is 6.31. The Morgan fingerprint density at radius 2 is 2.20 bits per heavy atom. The number of carbonyl (C=O) groups excluding carboxylic acids is 1. The second-order valence-corrected chi connectivity index (χ2v) is 5.41. The average molecular weight is 295 g/mol. The Balaban J connectivity index is 2.28. The number of carbonyl (C=O) groups is 1. The zero-order valence-corrected chi connectivity index (χ0v) is 11.5. The van der Waals surface area contributed by atoms with Crippen molar-refractivity contribution in [3.05, 3.63) is 34.0 Å². The van der Waals surface area contributed by atoms with E-state index in [0.717, 1.165) is 22.2 Å². The summed E-state index contributed by atoms with van der Waals surface area (Å²) in [4.78, 5) is 15.0. The van der Waals surface area contributed by atoms with Gasteiger partial charge in [-0.05, 0) is 23.3 Å². The Bertz CT molecular complexity index is 681. The highest BCUT2D eigenvalue weighted by Gasteiger charge is 2.22. The molecule has 20 heavy (non-hydrogen) atoms. The van der Waals surface area contributed by atoms with Crippen LogP contribution in [0.4, 0.5) is 0 Å². The third-order valence-corrected chi connectivity index (χ3v) is 3.87. The Kier molecular flexibility index (Phi) is 3.41. The van der Waals surface area contributed by atoms with Gasteiger partial charge in [0.15, 0.2) is 0 Å². The van der Waals surface area contributed by atoms with Crippen LogP contribution in [0.15, 0.2) is 12.1 Å². The van der Waals surface area contributed by atoms with Crippen molar-refractivity contribution in [1.29, 1.82) is 0 Å². The van der Waals surface area contributed by atoms with Gasteiger partial charge in [-0.3, -0.25) is 4.79 Å². The number of aromatic amines is 1. The van der Waals surface area contributed by atoms with E-state index in [-0.39, 0.29) is 18.9 Å². The standard InChI is InChI=1S/C14H15ClN2O3/c15-7-3-9(12(19)6-18)14-8-5-13(20)16-2-1-10(8)17-11(14)4-7/h3-4,12,17-19H,1-2,5-6H2,(H,16,20).